The first-order valence-electron chi connectivity index (χ1n) is 9.71. The largest absolute Gasteiger partial charge is 0.457 e. The zero-order valence-electron chi connectivity index (χ0n) is 17.3. The zero-order chi connectivity index (χ0) is 22.4. The number of carbonyl (C=O) groups is 2. The molecule has 160 valence electrons. The third-order valence-corrected chi connectivity index (χ3v) is 4.83. The van der Waals surface area contributed by atoms with Crippen molar-refractivity contribution in [1.29, 1.82) is 0 Å². The summed E-state index contributed by atoms with van der Waals surface area (Å²) < 4.78 is 18.9. The SMILES string of the molecule is CN(C)C(CNC(=O)c1ccc(Oc2ccc(C(N)=O)cc2)cc1)c1ccc(F)cc1. The highest BCUT2D eigenvalue weighted by atomic mass is 19.1. The summed E-state index contributed by atoms with van der Waals surface area (Å²) in [7, 11) is 3.81. The molecule has 0 aliphatic heterocycles. The molecule has 0 spiro atoms. The maximum Gasteiger partial charge on any atom is 0.251 e. The second kappa shape index (κ2) is 9.86. The van der Waals surface area contributed by atoms with Crippen molar-refractivity contribution in [2.24, 2.45) is 5.73 Å². The van der Waals surface area contributed by atoms with Gasteiger partial charge in [-0.1, -0.05) is 12.1 Å². The molecule has 0 aliphatic carbocycles. The molecule has 0 bridgehead atoms. The van der Waals surface area contributed by atoms with Crippen LogP contribution in [0.3, 0.4) is 0 Å². The van der Waals surface area contributed by atoms with Gasteiger partial charge in [-0.25, -0.2) is 4.39 Å². The Balaban J connectivity index is 1.60. The van der Waals surface area contributed by atoms with Crippen molar-refractivity contribution in [2.45, 2.75) is 6.04 Å². The van der Waals surface area contributed by atoms with Gasteiger partial charge in [-0.05, 0) is 80.3 Å². The fraction of sp³-hybridized carbons (Fsp3) is 0.167. The zero-order valence-corrected chi connectivity index (χ0v) is 17.3. The van der Waals surface area contributed by atoms with E-state index in [1.807, 2.05) is 19.0 Å². The predicted octanol–water partition coefficient (Wildman–Crippen LogP) is 3.75. The van der Waals surface area contributed by atoms with E-state index in [1.54, 1.807) is 60.7 Å². The number of ether oxygens (including phenoxy) is 1. The number of nitrogens with one attached hydrogen (secondary N) is 1. The van der Waals surface area contributed by atoms with Crippen LogP contribution in [-0.2, 0) is 0 Å². The molecule has 0 saturated heterocycles. The van der Waals surface area contributed by atoms with Crippen molar-refractivity contribution >= 4 is 11.8 Å². The van der Waals surface area contributed by atoms with Crippen molar-refractivity contribution in [3.05, 3.63) is 95.3 Å². The van der Waals surface area contributed by atoms with Gasteiger partial charge in [0.1, 0.15) is 17.3 Å². The monoisotopic (exact) mass is 421 g/mol. The Morgan fingerprint density at radius 2 is 1.42 bits per heavy atom. The Kier molecular flexibility index (Phi) is 6.99. The number of nitrogens with zero attached hydrogens (tertiary/aromatic N) is 1. The first-order chi connectivity index (χ1) is 14.8. The van der Waals surface area contributed by atoms with E-state index in [4.69, 9.17) is 10.5 Å². The van der Waals surface area contributed by atoms with Crippen LogP contribution in [0.4, 0.5) is 4.39 Å². The topological polar surface area (TPSA) is 84.7 Å². The minimum atomic E-state index is -0.502. The van der Waals surface area contributed by atoms with E-state index in [2.05, 4.69) is 5.32 Å². The van der Waals surface area contributed by atoms with Crippen LogP contribution in [0.25, 0.3) is 0 Å². The number of halogens is 1. The van der Waals surface area contributed by atoms with Crippen molar-refractivity contribution in [2.75, 3.05) is 20.6 Å². The maximum absolute atomic E-state index is 13.2. The van der Waals surface area contributed by atoms with Crippen LogP contribution in [-0.4, -0.2) is 37.4 Å². The van der Waals surface area contributed by atoms with Gasteiger partial charge < -0.3 is 20.7 Å². The number of nitrogens with two attached hydrogens (primary N) is 1. The lowest BCUT2D eigenvalue weighted by Crippen LogP contribution is -2.34. The second-order valence-electron chi connectivity index (χ2n) is 7.26. The van der Waals surface area contributed by atoms with Crippen LogP contribution in [0.15, 0.2) is 72.8 Å². The van der Waals surface area contributed by atoms with E-state index < -0.39 is 5.91 Å². The van der Waals surface area contributed by atoms with E-state index in [-0.39, 0.29) is 17.8 Å². The minimum absolute atomic E-state index is 0.0875. The van der Waals surface area contributed by atoms with Gasteiger partial charge in [0.25, 0.3) is 5.91 Å². The molecule has 3 aromatic carbocycles. The lowest BCUT2D eigenvalue weighted by atomic mass is 10.1. The van der Waals surface area contributed by atoms with Crippen LogP contribution in [0.2, 0.25) is 0 Å². The molecule has 0 aliphatic rings. The lowest BCUT2D eigenvalue weighted by Gasteiger charge is -2.25. The number of likely N-dealkylation sites (N-methyl/N-ethyl adjacent to an activating group) is 1. The van der Waals surface area contributed by atoms with Crippen LogP contribution in [0, 0.1) is 5.82 Å². The molecule has 0 saturated carbocycles. The summed E-state index contributed by atoms with van der Waals surface area (Å²) >= 11 is 0. The van der Waals surface area contributed by atoms with Crippen LogP contribution in [0.5, 0.6) is 11.5 Å². The third-order valence-electron chi connectivity index (χ3n) is 4.83. The van der Waals surface area contributed by atoms with Gasteiger partial charge in [0, 0.05) is 17.7 Å². The summed E-state index contributed by atoms with van der Waals surface area (Å²) in [5.41, 5.74) is 7.03. The summed E-state index contributed by atoms with van der Waals surface area (Å²) in [5, 5.41) is 2.92. The average Bonchev–Trinajstić information content (AvgIpc) is 2.75. The number of hydrogen-bond donors (Lipinski definition) is 2. The second-order valence-corrected chi connectivity index (χ2v) is 7.26. The van der Waals surface area contributed by atoms with Gasteiger partial charge in [0.2, 0.25) is 5.91 Å². The first kappa shape index (κ1) is 22.0. The molecule has 3 rings (SSSR count). The van der Waals surface area contributed by atoms with E-state index in [0.29, 0.717) is 29.2 Å². The first-order valence-corrected chi connectivity index (χ1v) is 9.71. The molecule has 7 heteroatoms. The Bertz CT molecular complexity index is 1030. The summed E-state index contributed by atoms with van der Waals surface area (Å²) in [4.78, 5) is 25.6. The molecular weight excluding hydrogens is 397 g/mol. The van der Waals surface area contributed by atoms with Crippen molar-refractivity contribution in [1.82, 2.24) is 10.2 Å². The minimum Gasteiger partial charge on any atom is -0.457 e. The molecule has 31 heavy (non-hydrogen) atoms. The maximum atomic E-state index is 13.2. The fourth-order valence-electron chi connectivity index (χ4n) is 3.07. The molecule has 1 atom stereocenters. The van der Waals surface area contributed by atoms with E-state index >= 15 is 0 Å². The van der Waals surface area contributed by atoms with Crippen LogP contribution < -0.4 is 15.8 Å². The van der Waals surface area contributed by atoms with Crippen LogP contribution in [0.1, 0.15) is 32.3 Å². The predicted molar refractivity (Wildman–Crippen MR) is 117 cm³/mol. The summed E-state index contributed by atoms with van der Waals surface area (Å²) in [6.45, 7) is 0.377. The number of primary amides is 1. The van der Waals surface area contributed by atoms with Gasteiger partial charge in [-0.15, -0.1) is 0 Å². The van der Waals surface area contributed by atoms with Crippen LogP contribution >= 0.6 is 0 Å². The standard InChI is InChI=1S/C24H24FN3O3/c1-28(2)22(16-3-9-19(25)10-4-16)15-27-24(30)18-7-13-21(14-8-18)31-20-11-5-17(6-12-20)23(26)29/h3-14,22H,15H2,1-2H3,(H2,26,29)(H,27,30). The van der Waals surface area contributed by atoms with Gasteiger partial charge in [0.05, 0.1) is 6.04 Å². The molecule has 0 aromatic heterocycles. The Labute approximate surface area is 180 Å². The Hall–Kier alpha value is -3.71. The normalized spacial score (nSPS) is 11.7. The van der Waals surface area contributed by atoms with Gasteiger partial charge in [-0.2, -0.15) is 0 Å². The molecular formula is C24H24FN3O3. The number of amides is 2. The van der Waals surface area contributed by atoms with Gasteiger partial charge in [0.15, 0.2) is 0 Å². The molecule has 6 nitrogen and oxygen atoms in total. The number of rotatable bonds is 8. The molecule has 0 heterocycles. The Morgan fingerprint density at radius 3 is 1.90 bits per heavy atom. The molecule has 3 N–H and O–H groups in total. The molecule has 0 fully saturated rings. The molecule has 2 amide bonds. The van der Waals surface area contributed by atoms with Gasteiger partial charge >= 0.3 is 0 Å². The van der Waals surface area contributed by atoms with Crippen molar-refractivity contribution in [3.63, 3.8) is 0 Å². The molecule has 3 aromatic rings. The summed E-state index contributed by atoms with van der Waals surface area (Å²) in [6.07, 6.45) is 0. The summed E-state index contributed by atoms with van der Waals surface area (Å²) in [5.74, 6) is 0.0942. The van der Waals surface area contributed by atoms with Crippen molar-refractivity contribution < 1.29 is 18.7 Å². The van der Waals surface area contributed by atoms with Crippen molar-refractivity contribution in [3.8, 4) is 11.5 Å². The number of carbonyl (C=O) groups excluding carboxylic acids is 2. The van der Waals surface area contributed by atoms with Gasteiger partial charge in [-0.3, -0.25) is 9.59 Å². The summed E-state index contributed by atoms with van der Waals surface area (Å²) in [6, 6.07) is 19.4. The quantitative estimate of drug-likeness (QED) is 0.580. The smallest absolute Gasteiger partial charge is 0.251 e. The average molecular weight is 421 g/mol. The Morgan fingerprint density at radius 1 is 0.903 bits per heavy atom. The third kappa shape index (κ3) is 5.90. The number of benzene rings is 3. The molecule has 0 radical (unpaired) electrons. The highest BCUT2D eigenvalue weighted by Crippen LogP contribution is 2.22. The highest BCUT2D eigenvalue weighted by molar-refractivity contribution is 5.94. The van der Waals surface area contributed by atoms with E-state index in [0.717, 1.165) is 5.56 Å². The molecule has 1 unspecified atom stereocenters. The lowest BCUT2D eigenvalue weighted by molar-refractivity contribution is 0.0940. The van der Waals surface area contributed by atoms with E-state index in [1.165, 1.54) is 12.1 Å². The number of hydrogen-bond acceptors (Lipinski definition) is 4. The van der Waals surface area contributed by atoms with E-state index in [9.17, 15) is 14.0 Å². The highest BCUT2D eigenvalue weighted by Gasteiger charge is 2.16. The fourth-order valence-corrected chi connectivity index (χ4v) is 3.07.